The second kappa shape index (κ2) is 7.27. The van der Waals surface area contributed by atoms with E-state index in [4.69, 9.17) is 35.4 Å². The Labute approximate surface area is 159 Å². The molecule has 0 aliphatic rings. The van der Waals surface area contributed by atoms with E-state index in [9.17, 15) is 9.90 Å². The molecule has 0 spiro atoms. The van der Waals surface area contributed by atoms with Crippen LogP contribution >= 0.6 is 35.4 Å². The molecule has 0 fully saturated rings. The SMILES string of the molecule is O=C(NC(=S)Nc1cccc2cc(O)ccc12)c1ccc(Cl)cc1Cl. The van der Waals surface area contributed by atoms with Gasteiger partial charge in [0.15, 0.2) is 5.11 Å². The van der Waals surface area contributed by atoms with Crippen molar-refractivity contribution in [3.8, 4) is 5.75 Å². The number of amides is 1. The summed E-state index contributed by atoms with van der Waals surface area (Å²) in [5, 5.41) is 17.7. The van der Waals surface area contributed by atoms with Crippen LogP contribution in [0.1, 0.15) is 10.4 Å². The Hall–Kier alpha value is -2.34. The van der Waals surface area contributed by atoms with Gasteiger partial charge in [0.1, 0.15) is 5.75 Å². The predicted molar refractivity (Wildman–Crippen MR) is 106 cm³/mol. The molecule has 0 heterocycles. The van der Waals surface area contributed by atoms with Crippen LogP contribution in [0.3, 0.4) is 0 Å². The molecular weight excluding hydrogens is 379 g/mol. The Kier molecular flexibility index (Phi) is 5.08. The Morgan fingerprint density at radius 1 is 1.04 bits per heavy atom. The number of nitrogens with one attached hydrogen (secondary N) is 2. The first-order valence-electron chi connectivity index (χ1n) is 7.23. The number of carbonyl (C=O) groups excluding carboxylic acids is 1. The summed E-state index contributed by atoms with van der Waals surface area (Å²) < 4.78 is 0. The van der Waals surface area contributed by atoms with Gasteiger partial charge in [0.05, 0.1) is 10.6 Å². The number of phenols is 1. The summed E-state index contributed by atoms with van der Waals surface area (Å²) in [6.45, 7) is 0. The van der Waals surface area contributed by atoms with Crippen LogP contribution in [0.5, 0.6) is 5.75 Å². The van der Waals surface area contributed by atoms with Gasteiger partial charge in [-0.25, -0.2) is 0 Å². The molecule has 0 saturated heterocycles. The number of halogens is 2. The largest absolute Gasteiger partial charge is 0.508 e. The average Bonchev–Trinajstić information content (AvgIpc) is 2.54. The fourth-order valence-corrected chi connectivity index (χ4v) is 3.07. The minimum Gasteiger partial charge on any atom is -0.508 e. The fourth-order valence-electron chi connectivity index (χ4n) is 2.38. The van der Waals surface area contributed by atoms with E-state index < -0.39 is 5.91 Å². The molecule has 0 aliphatic heterocycles. The van der Waals surface area contributed by atoms with Crippen molar-refractivity contribution in [2.24, 2.45) is 0 Å². The van der Waals surface area contributed by atoms with E-state index >= 15 is 0 Å². The first-order valence-corrected chi connectivity index (χ1v) is 8.39. The standard InChI is InChI=1S/C18H12Cl2N2O2S/c19-11-4-6-14(15(20)9-11)17(24)22-18(25)21-16-3-1-2-10-8-12(23)5-7-13(10)16/h1-9,23H,(H2,21,22,24,25). The molecule has 3 aromatic carbocycles. The van der Waals surface area contributed by atoms with Gasteiger partial charge in [-0.15, -0.1) is 0 Å². The van der Waals surface area contributed by atoms with Gasteiger partial charge in [0.25, 0.3) is 5.91 Å². The number of hydrogen-bond donors (Lipinski definition) is 3. The fraction of sp³-hybridized carbons (Fsp3) is 0. The Balaban J connectivity index is 1.78. The highest BCUT2D eigenvalue weighted by Gasteiger charge is 2.13. The third kappa shape index (κ3) is 4.02. The molecule has 0 radical (unpaired) electrons. The van der Waals surface area contributed by atoms with Crippen LogP contribution in [0.25, 0.3) is 10.8 Å². The second-order valence-electron chi connectivity index (χ2n) is 5.24. The van der Waals surface area contributed by atoms with E-state index in [0.29, 0.717) is 10.7 Å². The van der Waals surface area contributed by atoms with Gasteiger partial charge in [0.2, 0.25) is 0 Å². The summed E-state index contributed by atoms with van der Waals surface area (Å²) in [5.74, 6) is -0.255. The van der Waals surface area contributed by atoms with Crippen molar-refractivity contribution < 1.29 is 9.90 Å². The molecule has 0 atom stereocenters. The molecule has 1 amide bonds. The number of aromatic hydroxyl groups is 1. The van der Waals surface area contributed by atoms with Gasteiger partial charge >= 0.3 is 0 Å². The van der Waals surface area contributed by atoms with E-state index in [-0.39, 0.29) is 21.4 Å². The van der Waals surface area contributed by atoms with Gasteiger partial charge in [0, 0.05) is 16.1 Å². The summed E-state index contributed by atoms with van der Waals surface area (Å²) in [7, 11) is 0. The summed E-state index contributed by atoms with van der Waals surface area (Å²) in [6, 6.07) is 15.1. The molecular formula is C18H12Cl2N2O2S. The van der Waals surface area contributed by atoms with E-state index in [2.05, 4.69) is 10.6 Å². The van der Waals surface area contributed by atoms with Crippen LogP contribution < -0.4 is 10.6 Å². The third-order valence-corrected chi connectivity index (χ3v) is 4.27. The monoisotopic (exact) mass is 390 g/mol. The second-order valence-corrected chi connectivity index (χ2v) is 6.50. The zero-order valence-electron chi connectivity index (χ0n) is 12.7. The van der Waals surface area contributed by atoms with Crippen LogP contribution in [0.15, 0.2) is 54.6 Å². The number of thiocarbonyl (C=S) groups is 1. The predicted octanol–water partition coefficient (Wildman–Crippen LogP) is 4.98. The van der Waals surface area contributed by atoms with Crippen molar-refractivity contribution in [2.75, 3.05) is 5.32 Å². The van der Waals surface area contributed by atoms with Crippen LogP contribution in [0.4, 0.5) is 5.69 Å². The van der Waals surface area contributed by atoms with Crippen molar-refractivity contribution in [3.63, 3.8) is 0 Å². The van der Waals surface area contributed by atoms with Gasteiger partial charge < -0.3 is 10.4 Å². The Morgan fingerprint density at radius 3 is 2.60 bits per heavy atom. The summed E-state index contributed by atoms with van der Waals surface area (Å²) in [4.78, 5) is 12.3. The van der Waals surface area contributed by atoms with E-state index in [1.54, 1.807) is 24.3 Å². The third-order valence-electron chi connectivity index (χ3n) is 3.52. The van der Waals surface area contributed by atoms with Gasteiger partial charge in [-0.05, 0) is 60.1 Å². The van der Waals surface area contributed by atoms with Gasteiger partial charge in [-0.3, -0.25) is 10.1 Å². The molecule has 4 nitrogen and oxygen atoms in total. The van der Waals surface area contributed by atoms with Gasteiger partial charge in [-0.1, -0.05) is 35.3 Å². The molecule has 126 valence electrons. The Morgan fingerprint density at radius 2 is 1.84 bits per heavy atom. The van der Waals surface area contributed by atoms with Crippen LogP contribution in [0, 0.1) is 0 Å². The van der Waals surface area contributed by atoms with Crippen molar-refractivity contribution in [2.45, 2.75) is 0 Å². The summed E-state index contributed by atoms with van der Waals surface area (Å²) in [6.07, 6.45) is 0. The Bertz CT molecular complexity index is 992. The van der Waals surface area contributed by atoms with Gasteiger partial charge in [-0.2, -0.15) is 0 Å². The van der Waals surface area contributed by atoms with E-state index in [1.165, 1.54) is 12.1 Å². The lowest BCUT2D eigenvalue weighted by Crippen LogP contribution is -2.34. The minimum atomic E-state index is -0.433. The zero-order chi connectivity index (χ0) is 18.0. The first-order chi connectivity index (χ1) is 11.9. The number of benzene rings is 3. The number of anilines is 1. The molecule has 0 unspecified atom stereocenters. The highest BCUT2D eigenvalue weighted by Crippen LogP contribution is 2.26. The maximum absolute atomic E-state index is 12.3. The maximum Gasteiger partial charge on any atom is 0.258 e. The van der Waals surface area contributed by atoms with E-state index in [1.807, 2.05) is 18.2 Å². The van der Waals surface area contributed by atoms with Crippen molar-refractivity contribution in [3.05, 3.63) is 70.2 Å². The topological polar surface area (TPSA) is 61.4 Å². The summed E-state index contributed by atoms with van der Waals surface area (Å²) in [5.41, 5.74) is 0.989. The highest BCUT2D eigenvalue weighted by molar-refractivity contribution is 7.80. The van der Waals surface area contributed by atoms with Crippen molar-refractivity contribution in [1.29, 1.82) is 0 Å². The highest BCUT2D eigenvalue weighted by atomic mass is 35.5. The molecule has 7 heteroatoms. The summed E-state index contributed by atoms with van der Waals surface area (Å²) >= 11 is 17.1. The lowest BCUT2D eigenvalue weighted by molar-refractivity contribution is 0.0978. The minimum absolute atomic E-state index is 0.136. The number of fused-ring (bicyclic) bond motifs is 1. The molecule has 3 aromatic rings. The average molecular weight is 391 g/mol. The molecule has 25 heavy (non-hydrogen) atoms. The molecule has 3 N–H and O–H groups in total. The van der Waals surface area contributed by atoms with Crippen molar-refractivity contribution in [1.82, 2.24) is 5.32 Å². The van der Waals surface area contributed by atoms with Crippen LogP contribution in [-0.2, 0) is 0 Å². The van der Waals surface area contributed by atoms with Crippen LogP contribution in [-0.4, -0.2) is 16.1 Å². The number of carbonyl (C=O) groups is 1. The van der Waals surface area contributed by atoms with E-state index in [0.717, 1.165) is 10.8 Å². The molecule has 0 aliphatic carbocycles. The first kappa shape index (κ1) is 17.5. The lowest BCUT2D eigenvalue weighted by Gasteiger charge is -2.12. The quantitative estimate of drug-likeness (QED) is 0.540. The molecule has 0 bridgehead atoms. The lowest BCUT2D eigenvalue weighted by atomic mass is 10.1. The number of phenolic OH excluding ortho intramolecular Hbond substituents is 1. The normalized spacial score (nSPS) is 10.5. The zero-order valence-corrected chi connectivity index (χ0v) is 15.0. The smallest absolute Gasteiger partial charge is 0.258 e. The van der Waals surface area contributed by atoms with Crippen LogP contribution in [0.2, 0.25) is 10.0 Å². The number of rotatable bonds is 2. The molecule has 0 saturated carbocycles. The van der Waals surface area contributed by atoms with Crippen molar-refractivity contribution >= 4 is 62.9 Å². The molecule has 3 rings (SSSR count). The molecule has 0 aromatic heterocycles. The maximum atomic E-state index is 12.3. The number of hydrogen-bond acceptors (Lipinski definition) is 3.